The van der Waals surface area contributed by atoms with E-state index in [-0.39, 0.29) is 18.3 Å². The van der Waals surface area contributed by atoms with Gasteiger partial charge in [-0.3, -0.25) is 5.41 Å². The largest absolute Gasteiger partial charge is 0.494 e. The Balaban J connectivity index is 0.00000288. The summed E-state index contributed by atoms with van der Waals surface area (Å²) in [5.41, 5.74) is 3.06. The van der Waals surface area contributed by atoms with Gasteiger partial charge in [0, 0.05) is 5.56 Å². The molecule has 0 amide bonds. The molecule has 0 bridgehead atoms. The second-order valence-electron chi connectivity index (χ2n) is 5.42. The van der Waals surface area contributed by atoms with E-state index in [1.165, 1.54) is 12.8 Å². The van der Waals surface area contributed by atoms with E-state index in [0.29, 0.717) is 6.61 Å². The van der Waals surface area contributed by atoms with Crippen molar-refractivity contribution >= 4 is 18.3 Å². The monoisotopic (exact) mass is 347 g/mol. The molecule has 0 aliphatic carbocycles. The number of benzene rings is 2. The lowest BCUT2D eigenvalue weighted by atomic mass is 10.0. The highest BCUT2D eigenvalue weighted by atomic mass is 35.5. The third-order valence-corrected chi connectivity index (χ3v) is 3.64. The van der Waals surface area contributed by atoms with E-state index in [0.717, 1.165) is 35.5 Å². The first kappa shape index (κ1) is 20.0. The molecular weight excluding hydrogens is 322 g/mol. The Kier molecular flexibility index (Phi) is 8.95. The van der Waals surface area contributed by atoms with Gasteiger partial charge in [-0.05, 0) is 48.7 Å². The number of halogens is 1. The molecular formula is C20H26ClNO2. The minimum absolute atomic E-state index is 0. The molecule has 2 rings (SSSR count). The molecule has 0 spiro atoms. The Morgan fingerprint density at radius 1 is 0.875 bits per heavy atom. The first-order valence-electron chi connectivity index (χ1n) is 8.29. The summed E-state index contributed by atoms with van der Waals surface area (Å²) in [6, 6.07) is 16.0. The van der Waals surface area contributed by atoms with Crippen LogP contribution in [0.2, 0.25) is 0 Å². The van der Waals surface area contributed by atoms with Gasteiger partial charge >= 0.3 is 0 Å². The normalized spacial score (nSPS) is 9.92. The Morgan fingerprint density at radius 3 is 2.00 bits per heavy atom. The van der Waals surface area contributed by atoms with Crippen molar-refractivity contribution in [2.45, 2.75) is 33.1 Å². The molecule has 0 aromatic heterocycles. The van der Waals surface area contributed by atoms with Gasteiger partial charge in [0.15, 0.2) is 0 Å². The molecule has 2 aromatic carbocycles. The van der Waals surface area contributed by atoms with Gasteiger partial charge in [-0.1, -0.05) is 44.0 Å². The summed E-state index contributed by atoms with van der Waals surface area (Å²) in [5.74, 6) is 1.13. The molecule has 0 aliphatic rings. The molecule has 2 aromatic rings. The third kappa shape index (κ3) is 5.89. The molecule has 0 heterocycles. The van der Waals surface area contributed by atoms with Crippen molar-refractivity contribution in [3.05, 3.63) is 54.1 Å². The fourth-order valence-corrected chi connectivity index (χ4v) is 2.33. The molecule has 0 aliphatic heterocycles. The van der Waals surface area contributed by atoms with Crippen LogP contribution in [0.5, 0.6) is 5.75 Å². The molecule has 0 saturated carbocycles. The predicted molar refractivity (Wildman–Crippen MR) is 103 cm³/mol. The SMILES string of the molecule is CCCCCOc1ccc(-c2ccc(C(=N)OCC)cc2)cc1.Cl. The van der Waals surface area contributed by atoms with Crippen molar-refractivity contribution in [2.75, 3.05) is 13.2 Å². The van der Waals surface area contributed by atoms with Crippen molar-refractivity contribution < 1.29 is 9.47 Å². The zero-order valence-electron chi connectivity index (χ0n) is 14.4. The van der Waals surface area contributed by atoms with Gasteiger partial charge in [0.05, 0.1) is 13.2 Å². The highest BCUT2D eigenvalue weighted by Crippen LogP contribution is 2.23. The summed E-state index contributed by atoms with van der Waals surface area (Å²) >= 11 is 0. The van der Waals surface area contributed by atoms with E-state index in [1.807, 2.05) is 43.3 Å². The standard InChI is InChI=1S/C20H25NO2.ClH/c1-3-5-6-15-23-19-13-11-17(12-14-19)16-7-9-18(10-8-16)20(21)22-4-2;/h7-14,21H,3-6,15H2,1-2H3;1H. The molecule has 24 heavy (non-hydrogen) atoms. The Hall–Kier alpha value is -2.00. The first-order chi connectivity index (χ1) is 11.2. The van der Waals surface area contributed by atoms with Gasteiger partial charge in [-0.15, -0.1) is 12.4 Å². The Morgan fingerprint density at radius 2 is 1.46 bits per heavy atom. The van der Waals surface area contributed by atoms with Crippen LogP contribution in [-0.4, -0.2) is 19.1 Å². The molecule has 130 valence electrons. The molecule has 0 saturated heterocycles. The number of nitrogens with one attached hydrogen (secondary N) is 1. The van der Waals surface area contributed by atoms with Crippen LogP contribution in [0, 0.1) is 5.41 Å². The fraction of sp³-hybridized carbons (Fsp3) is 0.350. The molecule has 3 nitrogen and oxygen atoms in total. The van der Waals surface area contributed by atoms with Gasteiger partial charge in [-0.2, -0.15) is 0 Å². The zero-order chi connectivity index (χ0) is 16.5. The Labute approximate surface area is 150 Å². The van der Waals surface area contributed by atoms with Crippen LogP contribution < -0.4 is 4.74 Å². The Bertz CT molecular complexity index is 609. The van der Waals surface area contributed by atoms with Crippen molar-refractivity contribution in [1.82, 2.24) is 0 Å². The smallest absolute Gasteiger partial charge is 0.213 e. The average molecular weight is 348 g/mol. The lowest BCUT2D eigenvalue weighted by Crippen LogP contribution is -2.04. The van der Waals surface area contributed by atoms with Crippen molar-refractivity contribution in [3.8, 4) is 16.9 Å². The predicted octanol–water partition coefficient (Wildman–Crippen LogP) is 5.71. The van der Waals surface area contributed by atoms with Gasteiger partial charge in [0.2, 0.25) is 5.90 Å². The summed E-state index contributed by atoms with van der Waals surface area (Å²) < 4.78 is 10.9. The van der Waals surface area contributed by atoms with E-state index < -0.39 is 0 Å². The number of hydrogen-bond donors (Lipinski definition) is 1. The second kappa shape index (κ2) is 10.7. The van der Waals surface area contributed by atoms with Crippen LogP contribution in [0.4, 0.5) is 0 Å². The van der Waals surface area contributed by atoms with Crippen LogP contribution in [0.15, 0.2) is 48.5 Å². The van der Waals surface area contributed by atoms with Crippen molar-refractivity contribution in [1.29, 1.82) is 5.41 Å². The van der Waals surface area contributed by atoms with Gasteiger partial charge in [0.25, 0.3) is 0 Å². The van der Waals surface area contributed by atoms with Gasteiger partial charge < -0.3 is 9.47 Å². The van der Waals surface area contributed by atoms with E-state index >= 15 is 0 Å². The van der Waals surface area contributed by atoms with Gasteiger partial charge in [0.1, 0.15) is 5.75 Å². The summed E-state index contributed by atoms with van der Waals surface area (Å²) in [6.07, 6.45) is 3.52. The maximum Gasteiger partial charge on any atom is 0.213 e. The third-order valence-electron chi connectivity index (χ3n) is 3.64. The van der Waals surface area contributed by atoms with E-state index in [9.17, 15) is 0 Å². The minimum atomic E-state index is 0. The molecule has 1 N–H and O–H groups in total. The maximum atomic E-state index is 7.79. The summed E-state index contributed by atoms with van der Waals surface area (Å²) in [5, 5.41) is 7.79. The van der Waals surface area contributed by atoms with Gasteiger partial charge in [-0.25, -0.2) is 0 Å². The zero-order valence-corrected chi connectivity index (χ0v) is 15.2. The molecule has 4 heteroatoms. The quantitative estimate of drug-likeness (QED) is 0.377. The number of rotatable bonds is 8. The molecule has 0 atom stereocenters. The average Bonchev–Trinajstić information content (AvgIpc) is 2.60. The molecule has 0 unspecified atom stereocenters. The molecule has 0 radical (unpaired) electrons. The summed E-state index contributed by atoms with van der Waals surface area (Å²) in [6.45, 7) is 5.37. The van der Waals surface area contributed by atoms with Crippen LogP contribution in [-0.2, 0) is 4.74 Å². The van der Waals surface area contributed by atoms with Crippen LogP contribution in [0.3, 0.4) is 0 Å². The fourth-order valence-electron chi connectivity index (χ4n) is 2.33. The maximum absolute atomic E-state index is 7.79. The topological polar surface area (TPSA) is 42.3 Å². The lowest BCUT2D eigenvalue weighted by Gasteiger charge is -2.08. The van der Waals surface area contributed by atoms with Crippen LogP contribution in [0.25, 0.3) is 11.1 Å². The minimum Gasteiger partial charge on any atom is -0.494 e. The van der Waals surface area contributed by atoms with Crippen molar-refractivity contribution in [3.63, 3.8) is 0 Å². The number of unbranched alkanes of at least 4 members (excludes halogenated alkanes) is 2. The highest BCUT2D eigenvalue weighted by Gasteiger charge is 2.03. The van der Waals surface area contributed by atoms with Crippen LogP contribution in [0.1, 0.15) is 38.7 Å². The van der Waals surface area contributed by atoms with Crippen LogP contribution >= 0.6 is 12.4 Å². The molecule has 0 fully saturated rings. The first-order valence-corrected chi connectivity index (χ1v) is 8.29. The summed E-state index contributed by atoms with van der Waals surface area (Å²) in [7, 11) is 0. The number of hydrogen-bond acceptors (Lipinski definition) is 3. The second-order valence-corrected chi connectivity index (χ2v) is 5.42. The van der Waals surface area contributed by atoms with E-state index in [4.69, 9.17) is 14.9 Å². The number of ether oxygens (including phenoxy) is 2. The summed E-state index contributed by atoms with van der Waals surface area (Å²) in [4.78, 5) is 0. The lowest BCUT2D eigenvalue weighted by molar-refractivity contribution is 0.306. The van der Waals surface area contributed by atoms with E-state index in [2.05, 4.69) is 19.1 Å². The van der Waals surface area contributed by atoms with E-state index in [1.54, 1.807) is 0 Å². The highest BCUT2D eigenvalue weighted by molar-refractivity contribution is 5.92. The van der Waals surface area contributed by atoms with Crippen molar-refractivity contribution in [2.24, 2.45) is 0 Å².